The van der Waals surface area contributed by atoms with Crippen LogP contribution in [0, 0.1) is 0 Å². The van der Waals surface area contributed by atoms with Crippen LogP contribution >= 0.6 is 0 Å². The smallest absolute Gasteiger partial charge is 0.387 e. The van der Waals surface area contributed by atoms with E-state index in [2.05, 4.69) is 20.0 Å². The molecule has 0 spiro atoms. The molecule has 1 aliphatic heterocycles. The van der Waals surface area contributed by atoms with E-state index in [0.717, 1.165) is 11.3 Å². The van der Waals surface area contributed by atoms with Gasteiger partial charge in [-0.25, -0.2) is 4.98 Å². The molecule has 0 atom stereocenters. The second-order valence-corrected chi connectivity index (χ2v) is 6.61. The number of nitrogens with zero attached hydrogens (tertiary/aromatic N) is 3. The largest absolute Gasteiger partial charge is 0.434 e. The highest BCUT2D eigenvalue weighted by atomic mass is 19.3. The third-order valence-electron chi connectivity index (χ3n) is 4.60. The topological polar surface area (TPSA) is 108 Å². The molecule has 0 saturated carbocycles. The molecule has 3 amide bonds. The van der Waals surface area contributed by atoms with Gasteiger partial charge in [0, 0.05) is 25.7 Å². The van der Waals surface area contributed by atoms with E-state index < -0.39 is 18.4 Å². The summed E-state index contributed by atoms with van der Waals surface area (Å²) in [5.41, 5.74) is 0.307. The Morgan fingerprint density at radius 3 is 2.67 bits per heavy atom. The third kappa shape index (κ3) is 4.91. The molecule has 1 aromatic heterocycles. The van der Waals surface area contributed by atoms with Crippen molar-refractivity contribution in [1.29, 1.82) is 0 Å². The van der Waals surface area contributed by atoms with E-state index in [0.29, 0.717) is 18.7 Å². The first-order valence-electron chi connectivity index (χ1n) is 9.26. The summed E-state index contributed by atoms with van der Waals surface area (Å²) in [5.74, 6) is -1.44. The van der Waals surface area contributed by atoms with Gasteiger partial charge in [-0.2, -0.15) is 8.78 Å². The average molecular weight is 421 g/mol. The van der Waals surface area contributed by atoms with Gasteiger partial charge in [-0.1, -0.05) is 18.2 Å². The maximum absolute atomic E-state index is 13.0. The Bertz CT molecular complexity index is 929. The fourth-order valence-corrected chi connectivity index (χ4v) is 2.88. The molecule has 0 unspecified atom stereocenters. The number of benzene rings is 1. The fraction of sp³-hybridized carbons (Fsp3) is 0.368. The monoisotopic (exact) mass is 421 g/mol. The number of imidazole rings is 1. The molecule has 2 aromatic rings. The number of carbonyl (C=O) groups is 3. The first-order valence-corrected chi connectivity index (χ1v) is 9.26. The average Bonchev–Trinajstić information content (AvgIpc) is 3.16. The summed E-state index contributed by atoms with van der Waals surface area (Å²) in [7, 11) is 1.42. The number of carbonyl (C=O) groups excluding carboxylic acids is 3. The van der Waals surface area contributed by atoms with Crippen molar-refractivity contribution in [2.45, 2.75) is 19.6 Å². The molecule has 2 N–H and O–H groups in total. The molecule has 1 aromatic carbocycles. The minimum Gasteiger partial charge on any atom is -0.434 e. The summed E-state index contributed by atoms with van der Waals surface area (Å²) >= 11 is 0. The lowest BCUT2D eigenvalue weighted by atomic mass is 10.1. The molecule has 1 aliphatic rings. The van der Waals surface area contributed by atoms with Gasteiger partial charge in [0.15, 0.2) is 5.82 Å². The molecule has 30 heavy (non-hydrogen) atoms. The van der Waals surface area contributed by atoms with Gasteiger partial charge in [0.1, 0.15) is 18.0 Å². The van der Waals surface area contributed by atoms with Crippen molar-refractivity contribution in [2.24, 2.45) is 0 Å². The molecule has 0 bridgehead atoms. The summed E-state index contributed by atoms with van der Waals surface area (Å²) in [6, 6.07) is 6.00. The van der Waals surface area contributed by atoms with Gasteiger partial charge >= 0.3 is 6.61 Å². The van der Waals surface area contributed by atoms with E-state index >= 15 is 0 Å². The number of aromatic nitrogens is 2. The summed E-state index contributed by atoms with van der Waals surface area (Å²) in [6.45, 7) is -2.26. The summed E-state index contributed by atoms with van der Waals surface area (Å²) in [4.78, 5) is 46.6. The summed E-state index contributed by atoms with van der Waals surface area (Å²) < 4.78 is 29.9. The Morgan fingerprint density at radius 1 is 1.30 bits per heavy atom. The number of amides is 3. The number of H-pyrrole nitrogens is 1. The molecule has 3 rings (SSSR count). The zero-order chi connectivity index (χ0) is 21.7. The van der Waals surface area contributed by atoms with Crippen LogP contribution in [0.5, 0.6) is 5.75 Å². The number of hydrogen-bond acceptors (Lipinski definition) is 5. The number of likely N-dealkylation sites (N-methyl/N-ethyl adjacent to an activating group) is 1. The first-order chi connectivity index (χ1) is 14.4. The van der Waals surface area contributed by atoms with Crippen LogP contribution < -0.4 is 10.1 Å². The lowest BCUT2D eigenvalue weighted by Gasteiger charge is -2.29. The van der Waals surface area contributed by atoms with E-state index in [4.69, 9.17) is 0 Å². The van der Waals surface area contributed by atoms with E-state index in [9.17, 15) is 23.2 Å². The maximum atomic E-state index is 13.0. The number of ether oxygens (including phenoxy) is 1. The molecular formula is C19H21F2N5O4. The van der Waals surface area contributed by atoms with Crippen molar-refractivity contribution in [3.8, 4) is 5.75 Å². The van der Waals surface area contributed by atoms with Crippen molar-refractivity contribution in [2.75, 3.05) is 26.7 Å². The SMILES string of the molecule is CNC(=O)CN(Cc1ccccc1OC(F)F)C(=O)c1cnc(C(=O)N2CCC2)[nH]1. The normalized spacial score (nSPS) is 13.0. The van der Waals surface area contributed by atoms with Gasteiger partial charge < -0.3 is 24.8 Å². The predicted molar refractivity (Wildman–Crippen MR) is 101 cm³/mol. The second-order valence-electron chi connectivity index (χ2n) is 6.61. The van der Waals surface area contributed by atoms with Crippen LogP contribution in [0.1, 0.15) is 33.1 Å². The zero-order valence-corrected chi connectivity index (χ0v) is 16.2. The van der Waals surface area contributed by atoms with Gasteiger partial charge in [0.05, 0.1) is 12.7 Å². The lowest BCUT2D eigenvalue weighted by molar-refractivity contribution is -0.121. The van der Waals surface area contributed by atoms with Crippen molar-refractivity contribution in [3.05, 3.63) is 47.5 Å². The van der Waals surface area contributed by atoms with Crippen LogP contribution in [0.25, 0.3) is 0 Å². The van der Waals surface area contributed by atoms with Crippen LogP contribution in [0.2, 0.25) is 0 Å². The molecular weight excluding hydrogens is 400 g/mol. The first kappa shape index (κ1) is 21.2. The van der Waals surface area contributed by atoms with Crippen molar-refractivity contribution < 1.29 is 27.9 Å². The second kappa shape index (κ2) is 9.33. The Morgan fingerprint density at radius 2 is 2.03 bits per heavy atom. The number of para-hydroxylation sites is 1. The fourth-order valence-electron chi connectivity index (χ4n) is 2.88. The Hall–Kier alpha value is -3.50. The van der Waals surface area contributed by atoms with Gasteiger partial charge in [-0.3, -0.25) is 14.4 Å². The number of nitrogens with one attached hydrogen (secondary N) is 2. The maximum Gasteiger partial charge on any atom is 0.387 e. The van der Waals surface area contributed by atoms with Crippen LogP contribution in [-0.2, 0) is 11.3 Å². The van der Waals surface area contributed by atoms with Gasteiger partial charge in [-0.15, -0.1) is 0 Å². The number of likely N-dealkylation sites (tertiary alicyclic amines) is 1. The molecule has 11 heteroatoms. The molecule has 9 nitrogen and oxygen atoms in total. The summed E-state index contributed by atoms with van der Waals surface area (Å²) in [5, 5.41) is 2.42. The molecule has 2 heterocycles. The van der Waals surface area contributed by atoms with Gasteiger partial charge in [0.25, 0.3) is 11.8 Å². The Labute approximate surface area is 171 Å². The van der Waals surface area contributed by atoms with Crippen LogP contribution in [0.3, 0.4) is 0 Å². The predicted octanol–water partition coefficient (Wildman–Crippen LogP) is 1.25. The zero-order valence-electron chi connectivity index (χ0n) is 16.2. The highest BCUT2D eigenvalue weighted by Crippen LogP contribution is 2.22. The number of halogens is 2. The molecule has 0 radical (unpaired) electrons. The van der Waals surface area contributed by atoms with Crippen molar-refractivity contribution >= 4 is 17.7 Å². The van der Waals surface area contributed by atoms with Crippen LogP contribution in [0.4, 0.5) is 8.78 Å². The molecule has 1 saturated heterocycles. The molecule has 0 aliphatic carbocycles. The van der Waals surface area contributed by atoms with Gasteiger partial charge in [0.2, 0.25) is 5.91 Å². The number of rotatable bonds is 8. The van der Waals surface area contributed by atoms with Crippen LogP contribution in [0.15, 0.2) is 30.5 Å². The Balaban J connectivity index is 1.82. The quantitative estimate of drug-likeness (QED) is 0.667. The van der Waals surface area contributed by atoms with Crippen molar-refractivity contribution in [1.82, 2.24) is 25.1 Å². The molecule has 1 fully saturated rings. The third-order valence-corrected chi connectivity index (χ3v) is 4.60. The highest BCUT2D eigenvalue weighted by Gasteiger charge is 2.27. The lowest BCUT2D eigenvalue weighted by Crippen LogP contribution is -2.42. The van der Waals surface area contributed by atoms with E-state index in [1.165, 1.54) is 31.4 Å². The number of alkyl halides is 2. The Kier molecular flexibility index (Phi) is 6.60. The molecule has 160 valence electrons. The minimum absolute atomic E-state index is 0.00929. The van der Waals surface area contributed by atoms with E-state index in [-0.39, 0.29) is 36.3 Å². The van der Waals surface area contributed by atoms with Gasteiger partial charge in [-0.05, 0) is 12.5 Å². The van der Waals surface area contributed by atoms with Crippen molar-refractivity contribution in [3.63, 3.8) is 0 Å². The number of hydrogen-bond donors (Lipinski definition) is 2. The number of aromatic amines is 1. The summed E-state index contributed by atoms with van der Waals surface area (Å²) in [6.07, 6.45) is 2.13. The minimum atomic E-state index is -3.03. The highest BCUT2D eigenvalue weighted by molar-refractivity contribution is 5.97. The standard InChI is InChI=1S/C19H21F2N5O4/c1-22-15(27)11-26(10-12-5-2-3-6-14(12)30-19(20)21)17(28)13-9-23-16(24-13)18(29)25-7-4-8-25/h2-3,5-6,9,19H,4,7-8,10-11H2,1H3,(H,22,27)(H,23,24). The van der Waals surface area contributed by atoms with E-state index in [1.54, 1.807) is 11.0 Å². The van der Waals surface area contributed by atoms with E-state index in [1.807, 2.05) is 0 Å². The van der Waals surface area contributed by atoms with Crippen LogP contribution in [-0.4, -0.2) is 70.8 Å².